The molecule has 0 aliphatic heterocycles. The second-order valence-corrected chi connectivity index (χ2v) is 8.01. The van der Waals surface area contributed by atoms with Gasteiger partial charge in [-0.25, -0.2) is 0 Å². The Bertz CT molecular complexity index is 1030. The Morgan fingerprint density at radius 1 is 1.16 bits per heavy atom. The van der Waals surface area contributed by atoms with Crippen molar-refractivity contribution >= 4 is 23.6 Å². The average molecular weight is 439 g/mol. The summed E-state index contributed by atoms with van der Waals surface area (Å²) < 4.78 is 6.69. The van der Waals surface area contributed by atoms with E-state index in [4.69, 9.17) is 4.74 Å². The van der Waals surface area contributed by atoms with Crippen LogP contribution in [0.15, 0.2) is 60.0 Å². The highest BCUT2D eigenvalue weighted by Gasteiger charge is 2.20. The molecule has 0 aliphatic carbocycles. The van der Waals surface area contributed by atoms with Crippen LogP contribution in [0.1, 0.15) is 36.1 Å². The van der Waals surface area contributed by atoms with Crippen molar-refractivity contribution in [3.63, 3.8) is 0 Å². The molecule has 3 aromatic rings. The fourth-order valence-electron chi connectivity index (χ4n) is 3.20. The first-order chi connectivity index (χ1) is 15.0. The average Bonchev–Trinajstić information content (AvgIpc) is 3.26. The lowest BCUT2D eigenvalue weighted by atomic mass is 10.0. The number of nitrogens with one attached hydrogen (secondary N) is 1. The SMILES string of the molecule is CCc1ccccc1-n1cnnc1SCC(=O)NC(CC(=O)OC)c1ccc(C)cc1. The zero-order valence-corrected chi connectivity index (χ0v) is 18.7. The standard InChI is InChI=1S/C23H26N4O3S/c1-4-17-7-5-6-8-20(17)27-15-24-26-23(27)31-14-21(28)25-19(13-22(29)30-3)18-11-9-16(2)10-12-18/h5-12,15,19H,4,13-14H2,1-3H3,(H,25,28). The highest BCUT2D eigenvalue weighted by atomic mass is 32.2. The maximum atomic E-state index is 12.7. The summed E-state index contributed by atoms with van der Waals surface area (Å²) in [6, 6.07) is 15.3. The van der Waals surface area contributed by atoms with E-state index < -0.39 is 6.04 Å². The second-order valence-electron chi connectivity index (χ2n) is 7.07. The van der Waals surface area contributed by atoms with Gasteiger partial charge in [0.05, 0.1) is 31.0 Å². The van der Waals surface area contributed by atoms with Crippen LogP contribution in [0.3, 0.4) is 0 Å². The van der Waals surface area contributed by atoms with E-state index in [1.54, 1.807) is 6.33 Å². The second kappa shape index (κ2) is 10.8. The normalized spacial score (nSPS) is 11.7. The highest BCUT2D eigenvalue weighted by molar-refractivity contribution is 7.99. The molecule has 1 atom stereocenters. The van der Waals surface area contributed by atoms with E-state index in [2.05, 4.69) is 28.5 Å². The van der Waals surface area contributed by atoms with Crippen molar-refractivity contribution in [3.8, 4) is 5.69 Å². The Labute approximate surface area is 186 Å². The number of amides is 1. The molecule has 1 N–H and O–H groups in total. The largest absolute Gasteiger partial charge is 0.469 e. The molecule has 0 spiro atoms. The van der Waals surface area contributed by atoms with Gasteiger partial charge in [0.2, 0.25) is 5.91 Å². The van der Waals surface area contributed by atoms with E-state index in [0.29, 0.717) is 5.16 Å². The Morgan fingerprint density at radius 2 is 1.90 bits per heavy atom. The number of esters is 1. The van der Waals surface area contributed by atoms with E-state index in [1.165, 1.54) is 24.4 Å². The van der Waals surface area contributed by atoms with Gasteiger partial charge in [-0.2, -0.15) is 0 Å². The van der Waals surface area contributed by atoms with Crippen molar-refractivity contribution in [2.45, 2.75) is 37.9 Å². The van der Waals surface area contributed by atoms with E-state index >= 15 is 0 Å². The van der Waals surface area contributed by atoms with Crippen LogP contribution in [0.25, 0.3) is 5.69 Å². The fourth-order valence-corrected chi connectivity index (χ4v) is 3.93. The van der Waals surface area contributed by atoms with Crippen LogP contribution >= 0.6 is 11.8 Å². The van der Waals surface area contributed by atoms with E-state index in [1.807, 2.05) is 54.0 Å². The summed E-state index contributed by atoms with van der Waals surface area (Å²) in [5.41, 5.74) is 4.13. The molecule has 0 aliphatic rings. The van der Waals surface area contributed by atoms with Gasteiger partial charge in [-0.1, -0.05) is 66.7 Å². The molecule has 162 valence electrons. The van der Waals surface area contributed by atoms with Crippen molar-refractivity contribution < 1.29 is 14.3 Å². The van der Waals surface area contributed by atoms with Crippen molar-refractivity contribution in [2.24, 2.45) is 0 Å². The molecule has 1 heterocycles. The predicted octanol–water partition coefficient (Wildman–Crippen LogP) is 3.65. The first kappa shape index (κ1) is 22.6. The number of nitrogens with zero attached hydrogens (tertiary/aromatic N) is 3. The Hall–Kier alpha value is -3.13. The third kappa shape index (κ3) is 5.95. The number of methoxy groups -OCH3 is 1. The minimum absolute atomic E-state index is 0.0655. The molecule has 1 unspecified atom stereocenters. The van der Waals surface area contributed by atoms with Gasteiger partial charge in [-0.15, -0.1) is 10.2 Å². The van der Waals surface area contributed by atoms with Gasteiger partial charge in [0, 0.05) is 0 Å². The summed E-state index contributed by atoms with van der Waals surface area (Å²) in [5, 5.41) is 11.8. The number of carbonyl (C=O) groups excluding carboxylic acids is 2. The smallest absolute Gasteiger partial charge is 0.307 e. The number of aromatic nitrogens is 3. The zero-order chi connectivity index (χ0) is 22.2. The number of benzene rings is 2. The number of carbonyl (C=O) groups is 2. The van der Waals surface area contributed by atoms with Crippen LogP contribution < -0.4 is 5.32 Å². The fraction of sp³-hybridized carbons (Fsp3) is 0.304. The molecule has 0 radical (unpaired) electrons. The van der Waals surface area contributed by atoms with Crippen LogP contribution in [0.4, 0.5) is 0 Å². The Kier molecular flexibility index (Phi) is 7.83. The van der Waals surface area contributed by atoms with Crippen LogP contribution in [0, 0.1) is 6.92 Å². The maximum Gasteiger partial charge on any atom is 0.307 e. The topological polar surface area (TPSA) is 86.1 Å². The number of aryl methyl sites for hydroxylation is 2. The highest BCUT2D eigenvalue weighted by Crippen LogP contribution is 2.23. The molecule has 1 amide bonds. The molecule has 3 rings (SSSR count). The van der Waals surface area contributed by atoms with Crippen LogP contribution in [0.5, 0.6) is 0 Å². The van der Waals surface area contributed by atoms with Gasteiger partial charge < -0.3 is 10.1 Å². The summed E-state index contributed by atoms with van der Waals surface area (Å²) in [6.45, 7) is 4.08. The predicted molar refractivity (Wildman–Crippen MR) is 120 cm³/mol. The quantitative estimate of drug-likeness (QED) is 0.405. The lowest BCUT2D eigenvalue weighted by Gasteiger charge is -2.18. The molecule has 31 heavy (non-hydrogen) atoms. The van der Waals surface area contributed by atoms with Crippen molar-refractivity contribution in [3.05, 3.63) is 71.5 Å². The van der Waals surface area contributed by atoms with Gasteiger partial charge in [0.15, 0.2) is 5.16 Å². The van der Waals surface area contributed by atoms with E-state index in [-0.39, 0.29) is 24.1 Å². The number of thioether (sulfide) groups is 1. The summed E-state index contributed by atoms with van der Waals surface area (Å²) in [6.07, 6.45) is 2.60. The third-order valence-electron chi connectivity index (χ3n) is 4.89. The Balaban J connectivity index is 1.69. The summed E-state index contributed by atoms with van der Waals surface area (Å²) in [4.78, 5) is 24.5. The molecule has 2 aromatic carbocycles. The van der Waals surface area contributed by atoms with E-state index in [9.17, 15) is 9.59 Å². The maximum absolute atomic E-state index is 12.7. The molecule has 0 saturated heterocycles. The van der Waals surface area contributed by atoms with Gasteiger partial charge in [-0.3, -0.25) is 14.2 Å². The molecule has 7 nitrogen and oxygen atoms in total. The van der Waals surface area contributed by atoms with Crippen LogP contribution in [-0.2, 0) is 20.7 Å². The first-order valence-corrected chi connectivity index (χ1v) is 11.0. The number of rotatable bonds is 9. The minimum Gasteiger partial charge on any atom is -0.469 e. The van der Waals surface area contributed by atoms with Crippen LogP contribution in [0.2, 0.25) is 0 Å². The third-order valence-corrected chi connectivity index (χ3v) is 5.84. The molecule has 8 heteroatoms. The summed E-state index contributed by atoms with van der Waals surface area (Å²) in [7, 11) is 1.34. The molecule has 0 saturated carbocycles. The van der Waals surface area contributed by atoms with E-state index in [0.717, 1.165) is 23.2 Å². The molecule has 1 aromatic heterocycles. The lowest BCUT2D eigenvalue weighted by Crippen LogP contribution is -2.31. The Morgan fingerprint density at radius 3 is 2.61 bits per heavy atom. The van der Waals surface area contributed by atoms with Crippen LogP contribution in [-0.4, -0.2) is 39.5 Å². The van der Waals surface area contributed by atoms with Gasteiger partial charge in [0.25, 0.3) is 0 Å². The number of ether oxygens (including phenoxy) is 1. The van der Waals surface area contributed by atoms with Crippen molar-refractivity contribution in [2.75, 3.05) is 12.9 Å². The lowest BCUT2D eigenvalue weighted by molar-refractivity contribution is -0.141. The first-order valence-electron chi connectivity index (χ1n) is 10.1. The number of hydrogen-bond acceptors (Lipinski definition) is 6. The minimum atomic E-state index is -0.458. The monoisotopic (exact) mass is 438 g/mol. The molecular weight excluding hydrogens is 412 g/mol. The van der Waals surface area contributed by atoms with Gasteiger partial charge >= 0.3 is 5.97 Å². The summed E-state index contributed by atoms with van der Waals surface area (Å²) >= 11 is 1.30. The molecule has 0 bridgehead atoms. The van der Waals surface area contributed by atoms with Crippen molar-refractivity contribution in [1.29, 1.82) is 0 Å². The van der Waals surface area contributed by atoms with Gasteiger partial charge in [-0.05, 0) is 30.5 Å². The summed E-state index contributed by atoms with van der Waals surface area (Å²) in [5.74, 6) is -0.427. The zero-order valence-electron chi connectivity index (χ0n) is 17.9. The number of hydrogen-bond donors (Lipinski definition) is 1. The van der Waals surface area contributed by atoms with Gasteiger partial charge in [0.1, 0.15) is 6.33 Å². The molecule has 0 fully saturated rings. The van der Waals surface area contributed by atoms with Crippen molar-refractivity contribution in [1.82, 2.24) is 20.1 Å². The number of para-hydroxylation sites is 1. The molecular formula is C23H26N4O3S.